The van der Waals surface area contributed by atoms with Gasteiger partial charge in [0.1, 0.15) is 0 Å². The van der Waals surface area contributed by atoms with Crippen LogP contribution in [0.4, 0.5) is 5.69 Å². The highest BCUT2D eigenvalue weighted by Gasteiger charge is 2.44. The Bertz CT molecular complexity index is 640. The number of hydrogen-bond acceptors (Lipinski definition) is 3. The predicted molar refractivity (Wildman–Crippen MR) is 74.8 cm³/mol. The maximum atomic E-state index is 12.3. The molecular formula is C14H18N4O. The van der Waals surface area contributed by atoms with Gasteiger partial charge in [0.2, 0.25) is 5.91 Å². The summed E-state index contributed by atoms with van der Waals surface area (Å²) in [4.78, 5) is 12.3. The van der Waals surface area contributed by atoms with Crippen molar-refractivity contribution in [2.75, 3.05) is 5.32 Å². The number of fused-ring (bicyclic) bond motifs is 1. The molecule has 1 aliphatic carbocycles. The Balaban J connectivity index is 1.85. The van der Waals surface area contributed by atoms with Gasteiger partial charge in [0.05, 0.1) is 11.7 Å². The molecule has 1 heterocycles. The highest BCUT2D eigenvalue weighted by molar-refractivity contribution is 5.98. The van der Waals surface area contributed by atoms with Gasteiger partial charge in [-0.15, -0.1) is 0 Å². The Morgan fingerprint density at radius 1 is 1.53 bits per heavy atom. The van der Waals surface area contributed by atoms with Gasteiger partial charge in [-0.3, -0.25) is 9.89 Å². The van der Waals surface area contributed by atoms with Crippen LogP contribution in [0, 0.1) is 12.3 Å². The number of carbonyl (C=O) groups excluding carboxylic acids is 1. The monoisotopic (exact) mass is 258 g/mol. The highest BCUT2D eigenvalue weighted by atomic mass is 16.2. The lowest BCUT2D eigenvalue weighted by molar-refractivity contribution is -0.129. The second kappa shape index (κ2) is 4.06. The van der Waals surface area contributed by atoms with Gasteiger partial charge in [-0.1, -0.05) is 6.92 Å². The number of hydrogen-bond donors (Lipinski definition) is 3. The van der Waals surface area contributed by atoms with Crippen molar-refractivity contribution in [2.45, 2.75) is 32.7 Å². The molecule has 1 aliphatic rings. The summed E-state index contributed by atoms with van der Waals surface area (Å²) < 4.78 is 0. The van der Waals surface area contributed by atoms with Crippen molar-refractivity contribution in [1.82, 2.24) is 10.2 Å². The number of H-pyrrole nitrogens is 1. The zero-order valence-corrected chi connectivity index (χ0v) is 11.2. The number of anilines is 1. The normalized spacial score (nSPS) is 26.2. The number of benzene rings is 1. The Morgan fingerprint density at radius 2 is 2.26 bits per heavy atom. The fourth-order valence-electron chi connectivity index (χ4n) is 2.80. The van der Waals surface area contributed by atoms with Gasteiger partial charge >= 0.3 is 0 Å². The Kier molecular flexibility index (Phi) is 2.60. The van der Waals surface area contributed by atoms with Crippen molar-refractivity contribution in [2.24, 2.45) is 11.1 Å². The first-order valence-corrected chi connectivity index (χ1v) is 6.49. The maximum Gasteiger partial charge on any atom is 0.230 e. The minimum absolute atomic E-state index is 0.0520. The standard InChI is InChI=1S/C14H18N4O/c1-8-3-9-7-16-18-12(9)4-11(8)17-13(19)14(2)5-10(15)6-14/h3-4,7,10H,5-6,15H2,1-2H3,(H,16,18)(H,17,19). The molecule has 0 radical (unpaired) electrons. The summed E-state index contributed by atoms with van der Waals surface area (Å²) in [5.41, 5.74) is 8.26. The number of amides is 1. The molecule has 0 atom stereocenters. The van der Waals surface area contributed by atoms with Crippen LogP contribution in [0.3, 0.4) is 0 Å². The summed E-state index contributed by atoms with van der Waals surface area (Å²) in [6.07, 6.45) is 3.29. The van der Waals surface area contributed by atoms with Gasteiger partial charge in [-0.05, 0) is 37.5 Å². The number of carbonyl (C=O) groups is 1. The first kappa shape index (κ1) is 12.2. The number of nitrogens with zero attached hydrogens (tertiary/aromatic N) is 1. The van der Waals surface area contributed by atoms with E-state index in [1.54, 1.807) is 6.20 Å². The number of nitrogens with one attached hydrogen (secondary N) is 2. The number of rotatable bonds is 2. The van der Waals surface area contributed by atoms with Crippen LogP contribution in [-0.4, -0.2) is 22.1 Å². The summed E-state index contributed by atoms with van der Waals surface area (Å²) in [5, 5.41) is 11.0. The smallest absolute Gasteiger partial charge is 0.230 e. The Hall–Kier alpha value is -1.88. The molecule has 0 bridgehead atoms. The van der Waals surface area contributed by atoms with E-state index in [0.29, 0.717) is 0 Å². The van der Waals surface area contributed by atoms with E-state index in [4.69, 9.17) is 5.73 Å². The number of nitrogens with two attached hydrogens (primary N) is 1. The third kappa shape index (κ3) is 2.00. The lowest BCUT2D eigenvalue weighted by atomic mass is 9.66. The van der Waals surface area contributed by atoms with E-state index in [9.17, 15) is 4.79 Å². The fraction of sp³-hybridized carbons (Fsp3) is 0.429. The quantitative estimate of drug-likeness (QED) is 0.769. The predicted octanol–water partition coefficient (Wildman–Crippen LogP) is 1.94. The minimum atomic E-state index is -0.325. The average Bonchev–Trinajstić information content (AvgIpc) is 2.74. The Morgan fingerprint density at radius 3 is 2.95 bits per heavy atom. The lowest BCUT2D eigenvalue weighted by Crippen LogP contribution is -2.51. The van der Waals surface area contributed by atoms with Gasteiger partial charge in [0, 0.05) is 22.5 Å². The Labute approximate surface area is 111 Å². The van der Waals surface area contributed by atoms with E-state index >= 15 is 0 Å². The summed E-state index contributed by atoms with van der Waals surface area (Å²) in [6, 6.07) is 4.10. The van der Waals surface area contributed by atoms with Crippen LogP contribution in [0.25, 0.3) is 10.9 Å². The number of aromatic nitrogens is 2. The molecule has 1 fully saturated rings. The van der Waals surface area contributed by atoms with E-state index in [1.165, 1.54) is 0 Å². The summed E-state index contributed by atoms with van der Waals surface area (Å²) in [7, 11) is 0. The first-order valence-electron chi connectivity index (χ1n) is 6.49. The van der Waals surface area contributed by atoms with Gasteiger partial charge in [0.25, 0.3) is 0 Å². The van der Waals surface area contributed by atoms with Crippen molar-refractivity contribution in [3.63, 3.8) is 0 Å². The van der Waals surface area contributed by atoms with Crippen LogP contribution in [0.15, 0.2) is 18.3 Å². The molecule has 5 heteroatoms. The van der Waals surface area contributed by atoms with Crippen LogP contribution in [-0.2, 0) is 4.79 Å². The zero-order chi connectivity index (χ0) is 13.6. The second-order valence-electron chi connectivity index (χ2n) is 5.81. The molecular weight excluding hydrogens is 240 g/mol. The van der Waals surface area contributed by atoms with Crippen LogP contribution >= 0.6 is 0 Å². The number of aryl methyl sites for hydroxylation is 1. The van der Waals surface area contributed by atoms with Crippen LogP contribution < -0.4 is 11.1 Å². The van der Waals surface area contributed by atoms with Crippen molar-refractivity contribution in [3.05, 3.63) is 23.9 Å². The van der Waals surface area contributed by atoms with Crippen LogP contribution in [0.2, 0.25) is 0 Å². The molecule has 5 nitrogen and oxygen atoms in total. The van der Waals surface area contributed by atoms with E-state index < -0.39 is 0 Å². The van der Waals surface area contributed by atoms with Gasteiger partial charge in [-0.25, -0.2) is 0 Å². The van der Waals surface area contributed by atoms with E-state index in [0.717, 1.165) is 35.0 Å². The lowest BCUT2D eigenvalue weighted by Gasteiger charge is -2.41. The van der Waals surface area contributed by atoms with Gasteiger partial charge in [0.15, 0.2) is 0 Å². The second-order valence-corrected chi connectivity index (χ2v) is 5.81. The largest absolute Gasteiger partial charge is 0.328 e. The van der Waals surface area contributed by atoms with E-state index in [2.05, 4.69) is 15.5 Å². The topological polar surface area (TPSA) is 83.8 Å². The molecule has 1 saturated carbocycles. The summed E-state index contributed by atoms with van der Waals surface area (Å²) >= 11 is 0. The van der Waals surface area contributed by atoms with Crippen molar-refractivity contribution >= 4 is 22.5 Å². The number of aromatic amines is 1. The summed E-state index contributed by atoms with van der Waals surface area (Å²) in [5.74, 6) is 0.0520. The molecule has 4 N–H and O–H groups in total. The van der Waals surface area contributed by atoms with Crippen LogP contribution in [0.5, 0.6) is 0 Å². The molecule has 1 aromatic carbocycles. The van der Waals surface area contributed by atoms with E-state index in [1.807, 2.05) is 26.0 Å². The molecule has 3 rings (SSSR count). The molecule has 0 unspecified atom stereocenters. The fourth-order valence-corrected chi connectivity index (χ4v) is 2.80. The molecule has 1 aromatic heterocycles. The van der Waals surface area contributed by atoms with Crippen molar-refractivity contribution in [1.29, 1.82) is 0 Å². The van der Waals surface area contributed by atoms with E-state index in [-0.39, 0.29) is 17.4 Å². The third-order valence-corrected chi connectivity index (χ3v) is 4.01. The average molecular weight is 258 g/mol. The SMILES string of the molecule is Cc1cc2cn[nH]c2cc1NC(=O)C1(C)CC(N)C1. The van der Waals surface area contributed by atoms with Gasteiger partial charge < -0.3 is 11.1 Å². The molecule has 19 heavy (non-hydrogen) atoms. The van der Waals surface area contributed by atoms with Crippen LogP contribution in [0.1, 0.15) is 25.3 Å². The van der Waals surface area contributed by atoms with Crippen molar-refractivity contribution in [3.8, 4) is 0 Å². The van der Waals surface area contributed by atoms with Gasteiger partial charge in [-0.2, -0.15) is 5.10 Å². The maximum absolute atomic E-state index is 12.3. The highest BCUT2D eigenvalue weighted by Crippen LogP contribution is 2.40. The molecule has 0 spiro atoms. The van der Waals surface area contributed by atoms with Crippen molar-refractivity contribution < 1.29 is 4.79 Å². The third-order valence-electron chi connectivity index (χ3n) is 4.01. The molecule has 1 amide bonds. The first-order chi connectivity index (χ1) is 8.98. The molecule has 0 aliphatic heterocycles. The molecule has 0 saturated heterocycles. The minimum Gasteiger partial charge on any atom is -0.328 e. The summed E-state index contributed by atoms with van der Waals surface area (Å²) in [6.45, 7) is 3.95. The molecule has 2 aromatic rings. The molecule has 100 valence electrons. The zero-order valence-electron chi connectivity index (χ0n) is 11.2.